The van der Waals surface area contributed by atoms with Crippen LogP contribution in [0.25, 0.3) is 0 Å². The second-order valence-electron chi connectivity index (χ2n) is 4.56. The molecule has 17 heavy (non-hydrogen) atoms. The van der Waals surface area contributed by atoms with Crippen molar-refractivity contribution in [3.8, 4) is 0 Å². The van der Waals surface area contributed by atoms with Crippen molar-refractivity contribution in [2.75, 3.05) is 7.05 Å². The van der Waals surface area contributed by atoms with E-state index in [4.69, 9.17) is 0 Å². The van der Waals surface area contributed by atoms with Gasteiger partial charge >= 0.3 is 0 Å². The Kier molecular flexibility index (Phi) is 3.13. The standard InChI is InChI=1S/C13H17N3O/c1-9(2)11-12(17)15-13(16(11)3)14-10-7-5-4-6-8-10/h4-9,11H,1-3H3,(H,14,15,17). The van der Waals surface area contributed by atoms with Gasteiger partial charge in [0.2, 0.25) is 11.9 Å². The van der Waals surface area contributed by atoms with Gasteiger partial charge in [0.1, 0.15) is 6.04 Å². The molecule has 0 radical (unpaired) electrons. The van der Waals surface area contributed by atoms with Crippen molar-refractivity contribution >= 4 is 17.6 Å². The summed E-state index contributed by atoms with van der Waals surface area (Å²) in [5.74, 6) is 0.917. The smallest absolute Gasteiger partial charge is 0.249 e. The number of amides is 1. The molecule has 2 rings (SSSR count). The van der Waals surface area contributed by atoms with E-state index in [-0.39, 0.29) is 17.9 Å². The van der Waals surface area contributed by atoms with E-state index in [0.717, 1.165) is 5.69 Å². The van der Waals surface area contributed by atoms with Crippen LogP contribution in [0.4, 0.5) is 5.69 Å². The monoisotopic (exact) mass is 231 g/mol. The fourth-order valence-electron chi connectivity index (χ4n) is 2.06. The topological polar surface area (TPSA) is 44.7 Å². The van der Waals surface area contributed by atoms with Gasteiger partial charge in [-0.2, -0.15) is 0 Å². The molecule has 0 bridgehead atoms. The lowest BCUT2D eigenvalue weighted by Crippen LogP contribution is -2.36. The second-order valence-corrected chi connectivity index (χ2v) is 4.56. The third kappa shape index (κ3) is 2.30. The van der Waals surface area contributed by atoms with Gasteiger partial charge in [0.05, 0.1) is 5.69 Å². The fourth-order valence-corrected chi connectivity index (χ4v) is 2.06. The summed E-state index contributed by atoms with van der Waals surface area (Å²) in [5, 5.41) is 2.82. The molecule has 1 aliphatic rings. The molecule has 1 N–H and O–H groups in total. The maximum absolute atomic E-state index is 11.8. The van der Waals surface area contributed by atoms with E-state index in [2.05, 4.69) is 10.3 Å². The van der Waals surface area contributed by atoms with Crippen molar-refractivity contribution < 1.29 is 4.79 Å². The highest BCUT2D eigenvalue weighted by Gasteiger charge is 2.36. The SMILES string of the molecule is CC(C)C1C(=O)NC(=Nc2ccccc2)N1C. The first-order valence-corrected chi connectivity index (χ1v) is 5.77. The maximum Gasteiger partial charge on any atom is 0.249 e. The van der Waals surface area contributed by atoms with Crippen LogP contribution >= 0.6 is 0 Å². The van der Waals surface area contributed by atoms with Crippen LogP contribution in [0.5, 0.6) is 0 Å². The Morgan fingerprint density at radius 1 is 1.29 bits per heavy atom. The lowest BCUT2D eigenvalue weighted by atomic mass is 10.0. The number of carbonyl (C=O) groups excluding carboxylic acids is 1. The van der Waals surface area contributed by atoms with Crippen LogP contribution in [0.1, 0.15) is 13.8 Å². The van der Waals surface area contributed by atoms with Gasteiger partial charge in [-0.3, -0.25) is 10.1 Å². The first-order valence-electron chi connectivity index (χ1n) is 5.77. The molecule has 4 nitrogen and oxygen atoms in total. The number of likely N-dealkylation sites (N-methyl/N-ethyl adjacent to an activating group) is 1. The van der Waals surface area contributed by atoms with E-state index >= 15 is 0 Å². The van der Waals surface area contributed by atoms with E-state index in [9.17, 15) is 4.79 Å². The Hall–Kier alpha value is -1.84. The summed E-state index contributed by atoms with van der Waals surface area (Å²) in [6.45, 7) is 4.07. The number of aliphatic imine (C=N–C) groups is 1. The van der Waals surface area contributed by atoms with E-state index in [0.29, 0.717) is 5.96 Å². The van der Waals surface area contributed by atoms with Crippen LogP contribution in [0.3, 0.4) is 0 Å². The number of rotatable bonds is 2. The highest BCUT2D eigenvalue weighted by atomic mass is 16.2. The lowest BCUT2D eigenvalue weighted by Gasteiger charge is -2.21. The van der Waals surface area contributed by atoms with Crippen LogP contribution in [-0.2, 0) is 4.79 Å². The van der Waals surface area contributed by atoms with Crippen molar-refractivity contribution in [1.82, 2.24) is 10.2 Å². The minimum atomic E-state index is -0.127. The lowest BCUT2D eigenvalue weighted by molar-refractivity contribution is -0.122. The predicted octanol–water partition coefficient (Wildman–Crippen LogP) is 1.76. The van der Waals surface area contributed by atoms with Crippen LogP contribution in [0.2, 0.25) is 0 Å². The van der Waals surface area contributed by atoms with Crippen molar-refractivity contribution in [2.45, 2.75) is 19.9 Å². The van der Waals surface area contributed by atoms with Crippen molar-refractivity contribution in [2.24, 2.45) is 10.9 Å². The zero-order valence-corrected chi connectivity index (χ0v) is 10.3. The molecule has 1 aromatic rings. The van der Waals surface area contributed by atoms with E-state index in [1.54, 1.807) is 0 Å². The third-order valence-electron chi connectivity index (χ3n) is 2.88. The molecule has 1 unspecified atom stereocenters. The third-order valence-corrected chi connectivity index (χ3v) is 2.88. The number of carbonyl (C=O) groups is 1. The molecular weight excluding hydrogens is 214 g/mol. The highest BCUT2D eigenvalue weighted by molar-refractivity contribution is 6.07. The average Bonchev–Trinajstić information content (AvgIpc) is 2.55. The van der Waals surface area contributed by atoms with Gasteiger partial charge in [0, 0.05) is 7.05 Å². The number of benzene rings is 1. The van der Waals surface area contributed by atoms with Crippen LogP contribution < -0.4 is 5.32 Å². The Labute approximate surface area is 101 Å². The molecular formula is C13H17N3O. The molecule has 1 aromatic carbocycles. The van der Waals surface area contributed by atoms with Gasteiger partial charge in [-0.25, -0.2) is 4.99 Å². The molecule has 4 heteroatoms. The highest BCUT2D eigenvalue weighted by Crippen LogP contribution is 2.18. The zero-order chi connectivity index (χ0) is 12.4. The predicted molar refractivity (Wildman–Crippen MR) is 68.1 cm³/mol. The Bertz CT molecular complexity index is 439. The summed E-state index contributed by atoms with van der Waals surface area (Å²) < 4.78 is 0. The number of guanidine groups is 1. The maximum atomic E-state index is 11.8. The number of nitrogens with one attached hydrogen (secondary N) is 1. The van der Waals surface area contributed by atoms with Gasteiger partial charge in [-0.15, -0.1) is 0 Å². The van der Waals surface area contributed by atoms with Crippen molar-refractivity contribution in [3.63, 3.8) is 0 Å². The quantitative estimate of drug-likeness (QED) is 0.843. The van der Waals surface area contributed by atoms with Crippen LogP contribution in [0.15, 0.2) is 35.3 Å². The molecule has 1 saturated heterocycles. The molecule has 1 heterocycles. The molecule has 90 valence electrons. The van der Waals surface area contributed by atoms with Gasteiger partial charge in [-0.1, -0.05) is 32.0 Å². The number of hydrogen-bond donors (Lipinski definition) is 1. The van der Waals surface area contributed by atoms with Crippen LogP contribution in [0, 0.1) is 5.92 Å². The van der Waals surface area contributed by atoms with Gasteiger partial charge in [0.15, 0.2) is 0 Å². The Morgan fingerprint density at radius 2 is 1.94 bits per heavy atom. The Balaban J connectivity index is 2.25. The van der Waals surface area contributed by atoms with E-state index < -0.39 is 0 Å². The van der Waals surface area contributed by atoms with E-state index in [1.165, 1.54) is 0 Å². The molecule has 1 fully saturated rings. The van der Waals surface area contributed by atoms with E-state index in [1.807, 2.05) is 56.1 Å². The zero-order valence-electron chi connectivity index (χ0n) is 10.3. The summed E-state index contributed by atoms with van der Waals surface area (Å²) in [6, 6.07) is 9.49. The van der Waals surface area contributed by atoms with Gasteiger partial charge < -0.3 is 4.90 Å². The molecule has 1 amide bonds. The summed E-state index contributed by atoms with van der Waals surface area (Å²) in [4.78, 5) is 18.1. The minimum Gasteiger partial charge on any atom is -0.333 e. The number of para-hydroxylation sites is 1. The average molecular weight is 231 g/mol. The fraction of sp³-hybridized carbons (Fsp3) is 0.385. The first kappa shape index (κ1) is 11.6. The number of nitrogens with zero attached hydrogens (tertiary/aromatic N) is 2. The minimum absolute atomic E-state index is 0.0252. The molecule has 1 atom stereocenters. The summed E-state index contributed by atoms with van der Waals surface area (Å²) >= 11 is 0. The summed E-state index contributed by atoms with van der Waals surface area (Å²) in [7, 11) is 1.89. The molecule has 0 spiro atoms. The summed E-state index contributed by atoms with van der Waals surface area (Å²) in [6.07, 6.45) is 0. The normalized spacial score (nSPS) is 22.4. The van der Waals surface area contributed by atoms with Crippen LogP contribution in [-0.4, -0.2) is 29.9 Å². The van der Waals surface area contributed by atoms with Gasteiger partial charge in [-0.05, 0) is 18.1 Å². The summed E-state index contributed by atoms with van der Waals surface area (Å²) in [5.41, 5.74) is 0.846. The Morgan fingerprint density at radius 3 is 2.47 bits per heavy atom. The molecule has 0 aromatic heterocycles. The molecule has 1 aliphatic heterocycles. The second kappa shape index (κ2) is 4.57. The molecule has 0 saturated carbocycles. The first-order chi connectivity index (χ1) is 8.09. The van der Waals surface area contributed by atoms with Crippen molar-refractivity contribution in [3.05, 3.63) is 30.3 Å². The largest absolute Gasteiger partial charge is 0.333 e. The van der Waals surface area contributed by atoms with Crippen molar-refractivity contribution in [1.29, 1.82) is 0 Å². The molecule has 0 aliphatic carbocycles. The number of hydrogen-bond acceptors (Lipinski definition) is 2. The van der Waals surface area contributed by atoms with Gasteiger partial charge in [0.25, 0.3) is 0 Å².